The number of nitro benzene ring substituents is 1. The average Bonchev–Trinajstić information content (AvgIpc) is 3.87. The SMILES string of the molecule is COc1ccc(CN2CCN(C3CC4(CCN(c5cc(Oc6cnc7[nH]ccc7c6)c(C(=O)NS(=O)(=O)c6ccc(NCC7CCC(C)(O)CC7)c([N+](=O)[O-])c6)cc5F)CC4)C3)[C@H](c3ccccc3C(C)C)C2)cn1. The quantitative estimate of drug-likeness (QED) is 0.0526. The minimum absolute atomic E-state index is 0.0929. The van der Waals surface area contributed by atoms with E-state index in [1.165, 1.54) is 35.5 Å². The zero-order valence-corrected chi connectivity index (χ0v) is 43.7. The number of aromatic amines is 1. The molecule has 0 unspecified atom stereocenters. The summed E-state index contributed by atoms with van der Waals surface area (Å²) in [7, 11) is -3.10. The van der Waals surface area contributed by atoms with Crippen LogP contribution >= 0.6 is 0 Å². The topological polar surface area (TPSA) is 208 Å². The highest BCUT2D eigenvalue weighted by Gasteiger charge is 2.50. The van der Waals surface area contributed by atoms with Crippen molar-refractivity contribution < 1.29 is 37.1 Å². The Morgan fingerprint density at radius 1 is 0.973 bits per heavy atom. The molecule has 2 saturated heterocycles. The number of hydrogen-bond donors (Lipinski definition) is 4. The number of ether oxygens (including phenoxy) is 2. The maximum Gasteiger partial charge on any atom is 0.293 e. The number of nitro groups is 1. The highest BCUT2D eigenvalue weighted by Crippen LogP contribution is 2.54. The summed E-state index contributed by atoms with van der Waals surface area (Å²) in [5.74, 6) is -0.629. The molecule has 19 heteroatoms. The third-order valence-corrected chi connectivity index (χ3v) is 17.6. The van der Waals surface area contributed by atoms with Crippen LogP contribution in [0.25, 0.3) is 11.0 Å². The van der Waals surface area contributed by atoms with Crippen LogP contribution in [-0.4, -0.2) is 107 Å². The molecule has 75 heavy (non-hydrogen) atoms. The number of piperidine rings is 1. The molecule has 4 fully saturated rings. The van der Waals surface area contributed by atoms with Gasteiger partial charge in [-0.15, -0.1) is 0 Å². The largest absolute Gasteiger partial charge is 0.481 e. The van der Waals surface area contributed by atoms with E-state index in [1.807, 2.05) is 21.9 Å². The summed E-state index contributed by atoms with van der Waals surface area (Å²) in [6.45, 7) is 11.4. The van der Waals surface area contributed by atoms with Crippen LogP contribution < -0.4 is 24.4 Å². The fourth-order valence-electron chi connectivity index (χ4n) is 11.9. The Bertz CT molecular complexity index is 3160. The van der Waals surface area contributed by atoms with Gasteiger partial charge in [0.2, 0.25) is 5.88 Å². The van der Waals surface area contributed by atoms with Crippen LogP contribution in [0, 0.1) is 27.3 Å². The monoisotopic (exact) mass is 1040 g/mol. The number of nitrogens with zero attached hydrogens (tertiary/aromatic N) is 6. The highest BCUT2D eigenvalue weighted by molar-refractivity contribution is 7.90. The molecule has 396 valence electrons. The number of fused-ring (bicyclic) bond motifs is 1. The number of methoxy groups -OCH3 is 1. The van der Waals surface area contributed by atoms with Crippen LogP contribution in [0.4, 0.5) is 21.5 Å². The second-order valence-corrected chi connectivity index (χ2v) is 23.4. The molecule has 6 aromatic rings. The van der Waals surface area contributed by atoms with Crippen molar-refractivity contribution in [2.45, 2.75) is 107 Å². The van der Waals surface area contributed by atoms with Gasteiger partial charge in [-0.2, -0.15) is 0 Å². The number of aliphatic hydroxyl groups is 1. The number of piperazine rings is 1. The first kappa shape index (κ1) is 51.8. The van der Waals surface area contributed by atoms with Crippen molar-refractivity contribution >= 4 is 44.0 Å². The molecular weight excluding hydrogens is 978 g/mol. The molecule has 3 aromatic heterocycles. The lowest BCUT2D eigenvalue weighted by atomic mass is 9.59. The van der Waals surface area contributed by atoms with Gasteiger partial charge in [0.15, 0.2) is 0 Å². The molecule has 17 nitrogen and oxygen atoms in total. The van der Waals surface area contributed by atoms with Gasteiger partial charge in [0.25, 0.3) is 21.6 Å². The molecule has 2 aliphatic heterocycles. The maximum absolute atomic E-state index is 16.6. The lowest BCUT2D eigenvalue weighted by Crippen LogP contribution is -2.60. The Kier molecular flexibility index (Phi) is 14.6. The number of aromatic nitrogens is 3. The summed E-state index contributed by atoms with van der Waals surface area (Å²) in [6, 6.07) is 22.8. The first-order chi connectivity index (χ1) is 35.9. The number of benzene rings is 3. The van der Waals surface area contributed by atoms with Crippen molar-refractivity contribution in [3.05, 3.63) is 136 Å². The van der Waals surface area contributed by atoms with Gasteiger partial charge >= 0.3 is 0 Å². The van der Waals surface area contributed by atoms with Crippen molar-refractivity contribution in [1.29, 1.82) is 0 Å². The van der Waals surface area contributed by atoms with Gasteiger partial charge < -0.3 is 29.8 Å². The summed E-state index contributed by atoms with van der Waals surface area (Å²) in [6.07, 6.45) is 11.5. The molecule has 10 rings (SSSR count). The van der Waals surface area contributed by atoms with Gasteiger partial charge in [-0.3, -0.25) is 24.7 Å². The Balaban J connectivity index is 0.844. The molecule has 0 radical (unpaired) electrons. The third kappa shape index (κ3) is 11.3. The summed E-state index contributed by atoms with van der Waals surface area (Å²) < 4.78 is 57.9. The number of carbonyl (C=O) groups is 1. The number of carbonyl (C=O) groups excluding carboxylic acids is 1. The van der Waals surface area contributed by atoms with Gasteiger partial charge in [0.1, 0.15) is 28.7 Å². The molecule has 5 heterocycles. The van der Waals surface area contributed by atoms with E-state index in [1.54, 1.807) is 32.4 Å². The smallest absolute Gasteiger partial charge is 0.293 e. The van der Waals surface area contributed by atoms with Crippen molar-refractivity contribution in [2.24, 2.45) is 11.3 Å². The Morgan fingerprint density at radius 2 is 1.75 bits per heavy atom. The second kappa shape index (κ2) is 21.2. The maximum atomic E-state index is 16.6. The number of rotatable bonds is 16. The lowest BCUT2D eigenvalue weighted by molar-refractivity contribution is -0.384. The fourth-order valence-corrected chi connectivity index (χ4v) is 12.8. The summed E-state index contributed by atoms with van der Waals surface area (Å²) >= 11 is 0. The first-order valence-electron chi connectivity index (χ1n) is 26.0. The van der Waals surface area contributed by atoms with Gasteiger partial charge in [-0.25, -0.2) is 27.5 Å². The highest BCUT2D eigenvalue weighted by atomic mass is 32.2. The number of hydrogen-bond acceptors (Lipinski definition) is 14. The van der Waals surface area contributed by atoms with Crippen molar-refractivity contribution in [1.82, 2.24) is 29.5 Å². The molecule has 1 atom stereocenters. The average molecular weight is 1040 g/mol. The van der Waals surface area contributed by atoms with Gasteiger partial charge in [-0.1, -0.05) is 44.2 Å². The number of nitrogens with one attached hydrogen (secondary N) is 3. The number of H-pyrrole nitrogens is 1. The normalized spacial score (nSPS) is 21.5. The molecule has 2 aliphatic carbocycles. The van der Waals surface area contributed by atoms with Crippen LogP contribution in [0.2, 0.25) is 0 Å². The molecule has 2 saturated carbocycles. The predicted octanol–water partition coefficient (Wildman–Crippen LogP) is 9.71. The molecule has 3 aromatic carbocycles. The van der Waals surface area contributed by atoms with Gasteiger partial charge in [0, 0.05) is 93.9 Å². The van der Waals surface area contributed by atoms with Crippen molar-refractivity contribution in [3.8, 4) is 17.4 Å². The number of anilines is 2. The Morgan fingerprint density at radius 3 is 2.47 bits per heavy atom. The van der Waals surface area contributed by atoms with Crippen LogP contribution in [0.5, 0.6) is 17.4 Å². The molecular formula is C56H66FN9O8S. The van der Waals surface area contributed by atoms with Crippen molar-refractivity contribution in [3.63, 3.8) is 0 Å². The van der Waals surface area contributed by atoms with Crippen LogP contribution in [0.3, 0.4) is 0 Å². The molecule has 1 spiro atoms. The summed E-state index contributed by atoms with van der Waals surface area (Å²) in [5, 5.41) is 26.4. The molecule has 4 aliphatic rings. The fraction of sp³-hybridized carbons (Fsp3) is 0.446. The predicted molar refractivity (Wildman–Crippen MR) is 284 cm³/mol. The second-order valence-electron chi connectivity index (χ2n) is 21.7. The van der Waals surface area contributed by atoms with Gasteiger partial charge in [0.05, 0.1) is 40.0 Å². The minimum Gasteiger partial charge on any atom is -0.481 e. The number of pyridine rings is 2. The molecule has 4 N–H and O–H groups in total. The zero-order chi connectivity index (χ0) is 52.6. The van der Waals surface area contributed by atoms with Crippen LogP contribution in [0.1, 0.15) is 111 Å². The van der Waals surface area contributed by atoms with E-state index >= 15 is 4.39 Å². The molecule has 1 amide bonds. The lowest BCUT2D eigenvalue weighted by Gasteiger charge is -2.58. The Labute approximate surface area is 437 Å². The van der Waals surface area contributed by atoms with Crippen LogP contribution in [-0.2, 0) is 16.6 Å². The number of halogens is 1. The summed E-state index contributed by atoms with van der Waals surface area (Å²) in [4.78, 5) is 44.2. The van der Waals surface area contributed by atoms with E-state index in [-0.39, 0.29) is 40.2 Å². The number of amides is 1. The first-order valence-corrected chi connectivity index (χ1v) is 27.5. The minimum atomic E-state index is -4.73. The van der Waals surface area contributed by atoms with Crippen LogP contribution in [0.15, 0.2) is 102 Å². The van der Waals surface area contributed by atoms with E-state index in [4.69, 9.17) is 9.47 Å². The van der Waals surface area contributed by atoms with Gasteiger partial charge in [-0.05, 0) is 123 Å². The van der Waals surface area contributed by atoms with E-state index in [2.05, 4.69) is 74.2 Å². The zero-order valence-electron chi connectivity index (χ0n) is 42.9. The Hall–Kier alpha value is -6.67. The van der Waals surface area contributed by atoms with Crippen molar-refractivity contribution in [2.75, 3.05) is 56.6 Å². The summed E-state index contributed by atoms with van der Waals surface area (Å²) in [5.41, 5.74) is 3.31. The number of sulfonamides is 1. The van der Waals surface area contributed by atoms with E-state index in [0.29, 0.717) is 56.0 Å². The third-order valence-electron chi connectivity index (χ3n) is 16.2. The molecule has 0 bridgehead atoms. The standard InChI is InChI=1S/C56H66FN9O8S/c1-36(2)43-7-5-6-8-44(43)50-35-63(34-38-9-12-52(73-4)60-32-38)23-24-65(50)40-29-56(30-40)18-21-64(22-19-56)48-28-51(74-41-25-39-15-20-58-53(39)61-33-41)45(27-46(48)57)54(67)62-75(71,72)42-10-11-47(49(26-42)66(69)70)59-31-37-13-16-55(3,68)17-14-37/h5-12,15,20,25-28,32-33,36-37,40,50,59,68H,13-14,16-19,21-24,29-31,34-35H2,1-4H3,(H,58,61)(H,62,67)/t37?,50-,55?/m0/s1. The van der Waals surface area contributed by atoms with E-state index < -0.39 is 48.4 Å². The van der Waals surface area contributed by atoms with E-state index in [0.717, 1.165) is 87.8 Å². The van der Waals surface area contributed by atoms with E-state index in [9.17, 15) is 28.4 Å².